The van der Waals surface area contributed by atoms with Crippen LogP contribution in [-0.4, -0.2) is 36.0 Å². The van der Waals surface area contributed by atoms with E-state index in [9.17, 15) is 4.79 Å². The van der Waals surface area contributed by atoms with Crippen LogP contribution in [0.15, 0.2) is 12.3 Å². The average Bonchev–Trinajstić information content (AvgIpc) is 2.26. The molecule has 0 saturated heterocycles. The van der Waals surface area contributed by atoms with Crippen molar-refractivity contribution in [3.63, 3.8) is 0 Å². The first kappa shape index (κ1) is 12.3. The Hall–Kier alpha value is -1.78. The molecule has 0 saturated carbocycles. The third-order valence-electron chi connectivity index (χ3n) is 2.44. The molecule has 1 aromatic heterocycles. The van der Waals surface area contributed by atoms with E-state index in [1.165, 1.54) is 13.3 Å². The van der Waals surface area contributed by atoms with Gasteiger partial charge in [-0.2, -0.15) is 0 Å². The fraction of sp³-hybridized carbons (Fsp3) is 0.455. The normalized spacial score (nSPS) is 10.3. The Morgan fingerprint density at radius 3 is 2.69 bits per heavy atom. The minimum absolute atomic E-state index is 0.0976. The number of carbonyl (C=O) groups is 1. The van der Waals surface area contributed by atoms with Crippen LogP contribution in [0.5, 0.6) is 5.75 Å². The van der Waals surface area contributed by atoms with Crippen molar-refractivity contribution in [2.24, 2.45) is 0 Å². The number of methoxy groups -OCH3 is 1. The molecule has 1 heterocycles. The Morgan fingerprint density at radius 1 is 1.56 bits per heavy atom. The Morgan fingerprint density at radius 2 is 2.19 bits per heavy atom. The van der Waals surface area contributed by atoms with Crippen LogP contribution in [0.4, 0.5) is 5.69 Å². The van der Waals surface area contributed by atoms with Crippen LogP contribution in [0, 0.1) is 0 Å². The van der Waals surface area contributed by atoms with Gasteiger partial charge in [-0.25, -0.2) is 4.98 Å². The number of hydrogen-bond acceptors (Lipinski definition) is 4. The van der Waals surface area contributed by atoms with Gasteiger partial charge in [-0.05, 0) is 19.9 Å². The van der Waals surface area contributed by atoms with Gasteiger partial charge in [-0.3, -0.25) is 4.79 Å². The van der Waals surface area contributed by atoms with Crippen LogP contribution in [0.25, 0.3) is 0 Å². The van der Waals surface area contributed by atoms with E-state index in [0.29, 0.717) is 11.4 Å². The summed E-state index contributed by atoms with van der Waals surface area (Å²) >= 11 is 0. The summed E-state index contributed by atoms with van der Waals surface area (Å²) in [5.41, 5.74) is 6.37. The topological polar surface area (TPSA) is 68.5 Å². The quantitative estimate of drug-likeness (QED) is 0.834. The standard InChI is InChI=1S/C11H17N3O2/c1-7(2)14(3)11(15)9-10(16-4)8(12)5-6-13-9/h5-7H,1-4H3,(H2,12,13). The van der Waals surface area contributed by atoms with Crippen LogP contribution >= 0.6 is 0 Å². The van der Waals surface area contributed by atoms with Crippen LogP contribution in [0.3, 0.4) is 0 Å². The number of ether oxygens (including phenoxy) is 1. The number of nitrogens with two attached hydrogens (primary N) is 1. The second-order valence-corrected chi connectivity index (χ2v) is 3.79. The molecule has 88 valence electrons. The molecule has 0 aromatic carbocycles. The van der Waals surface area contributed by atoms with Gasteiger partial charge in [0.05, 0.1) is 12.8 Å². The van der Waals surface area contributed by atoms with Gasteiger partial charge in [0, 0.05) is 19.3 Å². The number of pyridine rings is 1. The maximum absolute atomic E-state index is 12.0. The zero-order valence-corrected chi connectivity index (χ0v) is 10.0. The van der Waals surface area contributed by atoms with E-state index in [4.69, 9.17) is 10.5 Å². The van der Waals surface area contributed by atoms with Crippen LogP contribution in [0.1, 0.15) is 24.3 Å². The lowest BCUT2D eigenvalue weighted by Crippen LogP contribution is -2.33. The summed E-state index contributed by atoms with van der Waals surface area (Å²) in [6.07, 6.45) is 1.50. The predicted octanol–water partition coefficient (Wildman–Crippen LogP) is 1.15. The van der Waals surface area contributed by atoms with Crippen molar-refractivity contribution in [2.45, 2.75) is 19.9 Å². The number of nitrogen functional groups attached to an aromatic ring is 1. The van der Waals surface area contributed by atoms with Crippen molar-refractivity contribution in [2.75, 3.05) is 19.9 Å². The first-order valence-electron chi connectivity index (χ1n) is 5.04. The molecule has 16 heavy (non-hydrogen) atoms. The maximum atomic E-state index is 12.0. The second kappa shape index (κ2) is 4.83. The maximum Gasteiger partial charge on any atom is 0.276 e. The smallest absolute Gasteiger partial charge is 0.276 e. The van der Waals surface area contributed by atoms with Gasteiger partial charge in [0.2, 0.25) is 0 Å². The highest BCUT2D eigenvalue weighted by Crippen LogP contribution is 2.24. The highest BCUT2D eigenvalue weighted by Gasteiger charge is 2.21. The number of aromatic nitrogens is 1. The molecular formula is C11H17N3O2. The predicted molar refractivity (Wildman–Crippen MR) is 62.4 cm³/mol. The van der Waals surface area contributed by atoms with E-state index in [1.54, 1.807) is 18.0 Å². The molecular weight excluding hydrogens is 206 g/mol. The van der Waals surface area contributed by atoms with E-state index in [2.05, 4.69) is 4.98 Å². The largest absolute Gasteiger partial charge is 0.492 e. The van der Waals surface area contributed by atoms with Crippen LogP contribution < -0.4 is 10.5 Å². The minimum atomic E-state index is -0.195. The van der Waals surface area contributed by atoms with E-state index in [-0.39, 0.29) is 17.6 Å². The summed E-state index contributed by atoms with van der Waals surface area (Å²) in [7, 11) is 3.19. The van der Waals surface area contributed by atoms with Gasteiger partial charge in [0.15, 0.2) is 11.4 Å². The lowest BCUT2D eigenvalue weighted by atomic mass is 10.2. The number of rotatable bonds is 3. The molecule has 0 spiro atoms. The summed E-state index contributed by atoms with van der Waals surface area (Å²) in [5, 5.41) is 0. The van der Waals surface area contributed by atoms with Crippen molar-refractivity contribution >= 4 is 11.6 Å². The zero-order valence-electron chi connectivity index (χ0n) is 10.0. The van der Waals surface area contributed by atoms with Gasteiger partial charge < -0.3 is 15.4 Å². The lowest BCUT2D eigenvalue weighted by Gasteiger charge is -2.22. The third-order valence-corrected chi connectivity index (χ3v) is 2.44. The van der Waals surface area contributed by atoms with Crippen molar-refractivity contribution in [1.82, 2.24) is 9.88 Å². The first-order chi connectivity index (χ1) is 7.49. The SMILES string of the molecule is COc1c(N)ccnc1C(=O)N(C)C(C)C. The molecule has 2 N–H and O–H groups in total. The Kier molecular flexibility index (Phi) is 3.71. The van der Waals surface area contributed by atoms with Gasteiger partial charge in [0.1, 0.15) is 0 Å². The fourth-order valence-corrected chi connectivity index (χ4v) is 1.23. The summed E-state index contributed by atoms with van der Waals surface area (Å²) < 4.78 is 5.09. The molecule has 0 bridgehead atoms. The zero-order chi connectivity index (χ0) is 12.3. The molecule has 0 unspecified atom stereocenters. The molecule has 1 rings (SSSR count). The molecule has 0 atom stereocenters. The highest BCUT2D eigenvalue weighted by molar-refractivity contribution is 5.96. The molecule has 5 nitrogen and oxygen atoms in total. The molecule has 0 fully saturated rings. The number of amides is 1. The lowest BCUT2D eigenvalue weighted by molar-refractivity contribution is 0.0745. The monoisotopic (exact) mass is 223 g/mol. The van der Waals surface area contributed by atoms with Gasteiger partial charge in [-0.1, -0.05) is 0 Å². The van der Waals surface area contributed by atoms with Crippen molar-refractivity contribution < 1.29 is 9.53 Å². The van der Waals surface area contributed by atoms with Gasteiger partial charge >= 0.3 is 0 Å². The van der Waals surface area contributed by atoms with E-state index in [0.717, 1.165) is 0 Å². The molecule has 5 heteroatoms. The summed E-state index contributed by atoms with van der Waals surface area (Å²) in [6, 6.07) is 1.70. The van der Waals surface area contributed by atoms with Crippen molar-refractivity contribution in [1.29, 1.82) is 0 Å². The highest BCUT2D eigenvalue weighted by atomic mass is 16.5. The molecule has 0 aliphatic carbocycles. The Balaban J connectivity index is 3.13. The molecule has 1 aromatic rings. The van der Waals surface area contributed by atoms with Gasteiger partial charge in [0.25, 0.3) is 5.91 Å². The average molecular weight is 223 g/mol. The third kappa shape index (κ3) is 2.24. The number of anilines is 1. The molecule has 0 aliphatic rings. The van der Waals surface area contributed by atoms with Crippen LogP contribution in [-0.2, 0) is 0 Å². The van der Waals surface area contributed by atoms with E-state index in [1.807, 2.05) is 13.8 Å². The Labute approximate surface area is 95.2 Å². The van der Waals surface area contributed by atoms with Crippen molar-refractivity contribution in [3.8, 4) is 5.75 Å². The molecule has 0 aliphatic heterocycles. The number of carbonyl (C=O) groups excluding carboxylic acids is 1. The van der Waals surface area contributed by atoms with Crippen LogP contribution in [0.2, 0.25) is 0 Å². The number of hydrogen-bond donors (Lipinski definition) is 1. The van der Waals surface area contributed by atoms with Crippen molar-refractivity contribution in [3.05, 3.63) is 18.0 Å². The van der Waals surface area contributed by atoms with Gasteiger partial charge in [-0.15, -0.1) is 0 Å². The fourth-order valence-electron chi connectivity index (χ4n) is 1.23. The second-order valence-electron chi connectivity index (χ2n) is 3.79. The molecule has 0 radical (unpaired) electrons. The summed E-state index contributed by atoms with van der Waals surface area (Å²) in [6.45, 7) is 3.85. The summed E-state index contributed by atoms with van der Waals surface area (Å²) in [4.78, 5) is 17.7. The first-order valence-corrected chi connectivity index (χ1v) is 5.04. The van der Waals surface area contributed by atoms with E-state index >= 15 is 0 Å². The Bertz CT molecular complexity index is 391. The molecule has 1 amide bonds. The summed E-state index contributed by atoms with van der Waals surface area (Å²) in [5.74, 6) is 0.138. The van der Waals surface area contributed by atoms with E-state index < -0.39 is 0 Å². The number of nitrogens with zero attached hydrogens (tertiary/aromatic N) is 2. The minimum Gasteiger partial charge on any atom is -0.492 e.